The highest BCUT2D eigenvalue weighted by atomic mass is 16.3. The number of hydrogen-bond donors (Lipinski definition) is 1. The fraction of sp³-hybridized carbons (Fsp3) is 0.306. The highest BCUT2D eigenvalue weighted by Crippen LogP contribution is 2.38. The molecule has 4 aromatic rings. The number of ketones is 1. The Morgan fingerprint density at radius 1 is 0.822 bits per heavy atom. The van der Waals surface area contributed by atoms with Crippen molar-refractivity contribution >= 4 is 5.78 Å². The molecule has 2 aliphatic rings. The average Bonchev–Trinajstić information content (AvgIpc) is 3.77. The normalized spacial score (nSPS) is 18.7. The van der Waals surface area contributed by atoms with Gasteiger partial charge in [-0.15, -0.1) is 0 Å². The lowest BCUT2D eigenvalue weighted by molar-refractivity contribution is 0.0873. The van der Waals surface area contributed by atoms with Crippen LogP contribution in [0.2, 0.25) is 0 Å². The molecule has 1 N–H and O–H groups in total. The third-order valence-electron chi connectivity index (χ3n) is 9.44. The summed E-state index contributed by atoms with van der Waals surface area (Å²) < 4.78 is 3.93. The molecule has 2 aromatic carbocycles. The van der Waals surface area contributed by atoms with Crippen LogP contribution < -0.4 is 0 Å². The van der Waals surface area contributed by atoms with Gasteiger partial charge in [-0.25, -0.2) is 0 Å². The van der Waals surface area contributed by atoms with Crippen molar-refractivity contribution in [3.63, 3.8) is 0 Å². The summed E-state index contributed by atoms with van der Waals surface area (Å²) in [6, 6.07) is 25.1. The number of aromatic nitrogens is 2. The third-order valence-corrected chi connectivity index (χ3v) is 9.44. The molecule has 0 radical (unpaired) electrons. The molecule has 2 bridgehead atoms. The minimum Gasteiger partial charge on any atom is -0.391 e. The molecule has 9 nitrogen and oxygen atoms in total. The minimum absolute atomic E-state index is 0.0301. The SMILES string of the molecule is Cc1c(C#N)cc(CCc2c(C#N)c(C(=O)CN3C4CCC3[C@@H](O)C4)c(C)n2-c2ccc(C#N)cc2)n1-c1ccc(C#N)cc1. The summed E-state index contributed by atoms with van der Waals surface area (Å²) in [5.41, 5.74) is 6.80. The van der Waals surface area contributed by atoms with Crippen molar-refractivity contribution < 1.29 is 9.90 Å². The maximum absolute atomic E-state index is 14.0. The average molecular weight is 594 g/mol. The van der Waals surface area contributed by atoms with Gasteiger partial charge in [0.15, 0.2) is 5.78 Å². The predicted molar refractivity (Wildman–Crippen MR) is 166 cm³/mol. The van der Waals surface area contributed by atoms with Gasteiger partial charge in [0.05, 0.1) is 52.6 Å². The second-order valence-electron chi connectivity index (χ2n) is 11.8. The molecule has 2 aliphatic heterocycles. The minimum atomic E-state index is -0.430. The summed E-state index contributed by atoms with van der Waals surface area (Å²) in [6.45, 7) is 3.87. The molecule has 2 fully saturated rings. The highest BCUT2D eigenvalue weighted by Gasteiger charge is 2.46. The van der Waals surface area contributed by atoms with Gasteiger partial charge < -0.3 is 14.2 Å². The van der Waals surface area contributed by atoms with Crippen LogP contribution in [-0.2, 0) is 12.8 Å². The van der Waals surface area contributed by atoms with E-state index in [9.17, 15) is 30.9 Å². The van der Waals surface area contributed by atoms with Crippen LogP contribution in [0.15, 0.2) is 54.6 Å². The Morgan fingerprint density at radius 3 is 1.96 bits per heavy atom. The van der Waals surface area contributed by atoms with E-state index in [-0.39, 0.29) is 24.4 Å². The maximum atomic E-state index is 14.0. The van der Waals surface area contributed by atoms with E-state index >= 15 is 0 Å². The van der Waals surface area contributed by atoms with Crippen LogP contribution >= 0.6 is 0 Å². The fourth-order valence-electron chi connectivity index (χ4n) is 7.30. The van der Waals surface area contributed by atoms with Crippen molar-refractivity contribution in [3.05, 3.63) is 105 Å². The zero-order chi connectivity index (χ0) is 31.8. The van der Waals surface area contributed by atoms with Gasteiger partial charge in [0, 0.05) is 46.2 Å². The van der Waals surface area contributed by atoms with Gasteiger partial charge in [-0.05, 0) is 101 Å². The molecule has 222 valence electrons. The van der Waals surface area contributed by atoms with Crippen molar-refractivity contribution in [2.45, 2.75) is 64.1 Å². The topological polar surface area (TPSA) is 146 Å². The van der Waals surface area contributed by atoms with E-state index in [1.54, 1.807) is 24.3 Å². The van der Waals surface area contributed by atoms with Crippen LogP contribution in [0.5, 0.6) is 0 Å². The smallest absolute Gasteiger partial charge is 0.180 e. The highest BCUT2D eigenvalue weighted by molar-refractivity contribution is 6.01. The van der Waals surface area contributed by atoms with Gasteiger partial charge in [0.25, 0.3) is 0 Å². The van der Waals surface area contributed by atoms with E-state index in [1.807, 2.05) is 53.3 Å². The molecule has 2 unspecified atom stereocenters. The lowest BCUT2D eigenvalue weighted by atomic mass is 9.98. The lowest BCUT2D eigenvalue weighted by Crippen LogP contribution is -2.36. The first-order valence-corrected chi connectivity index (χ1v) is 15.0. The van der Waals surface area contributed by atoms with Gasteiger partial charge in [0.2, 0.25) is 0 Å². The molecule has 0 spiro atoms. The third kappa shape index (κ3) is 5.09. The molecule has 4 heterocycles. The molecular formula is C36H31N7O2. The molecule has 2 saturated heterocycles. The molecule has 2 aromatic heterocycles. The van der Waals surface area contributed by atoms with Crippen molar-refractivity contribution in [2.75, 3.05) is 6.54 Å². The number of aliphatic hydroxyl groups is 1. The summed E-state index contributed by atoms with van der Waals surface area (Å²) in [7, 11) is 0. The molecular weight excluding hydrogens is 562 g/mol. The monoisotopic (exact) mass is 593 g/mol. The van der Waals surface area contributed by atoms with Crippen molar-refractivity contribution in [2.24, 2.45) is 0 Å². The Balaban J connectivity index is 1.42. The Labute approximate surface area is 262 Å². The number of aryl methyl sites for hydroxylation is 1. The molecule has 3 atom stereocenters. The number of rotatable bonds is 8. The maximum Gasteiger partial charge on any atom is 0.180 e. The molecule has 6 rings (SSSR count). The van der Waals surface area contributed by atoms with Gasteiger partial charge in [0.1, 0.15) is 12.1 Å². The van der Waals surface area contributed by atoms with Crippen molar-refractivity contribution in [1.82, 2.24) is 14.0 Å². The number of carbonyl (C=O) groups excluding carboxylic acids is 1. The molecule has 45 heavy (non-hydrogen) atoms. The second kappa shape index (κ2) is 11.9. The summed E-state index contributed by atoms with van der Waals surface area (Å²) in [5, 5.41) is 49.4. The molecule has 9 heteroatoms. The fourth-order valence-corrected chi connectivity index (χ4v) is 7.30. The van der Waals surface area contributed by atoms with Gasteiger partial charge >= 0.3 is 0 Å². The van der Waals surface area contributed by atoms with E-state index in [4.69, 9.17) is 0 Å². The molecule has 0 aliphatic carbocycles. The Hall–Kier alpha value is -5.45. The zero-order valence-electron chi connectivity index (χ0n) is 25.2. The number of aliphatic hydroxyl groups excluding tert-OH is 1. The van der Waals surface area contributed by atoms with Crippen molar-refractivity contribution in [3.8, 4) is 35.7 Å². The van der Waals surface area contributed by atoms with Crippen LogP contribution in [0.25, 0.3) is 11.4 Å². The number of hydrogen-bond acceptors (Lipinski definition) is 7. The van der Waals surface area contributed by atoms with Crippen LogP contribution in [-0.4, -0.2) is 49.7 Å². The Morgan fingerprint density at radius 2 is 1.44 bits per heavy atom. The number of Topliss-reactive ketones (excluding diaryl/α,β-unsaturated/α-hetero) is 1. The predicted octanol–water partition coefficient (Wildman–Crippen LogP) is 4.94. The standard InChI is InChI=1S/C36H31N7O2/c1-22-26(19-39)15-30(42(22)27-7-3-24(17-37)4-8-27)12-13-32-31(20-40)36(23(2)43(32)28-9-5-25(18-38)6-10-28)35(45)21-41-29-11-14-33(41)34(44)16-29/h3-10,15,29,33-34,44H,11-14,16,21H2,1-2H3/t29?,33?,34-/m0/s1. The second-order valence-corrected chi connectivity index (χ2v) is 11.8. The summed E-state index contributed by atoms with van der Waals surface area (Å²) in [5.74, 6) is -0.146. The largest absolute Gasteiger partial charge is 0.391 e. The van der Waals surface area contributed by atoms with Crippen molar-refractivity contribution in [1.29, 1.82) is 21.0 Å². The van der Waals surface area contributed by atoms with Gasteiger partial charge in [-0.1, -0.05) is 0 Å². The number of nitrogens with zero attached hydrogens (tertiary/aromatic N) is 7. The van der Waals surface area contributed by atoms with Crippen LogP contribution in [0.1, 0.15) is 74.6 Å². The number of carbonyl (C=O) groups is 1. The first kappa shape index (κ1) is 29.6. The van der Waals surface area contributed by atoms with Crippen LogP contribution in [0, 0.1) is 59.2 Å². The molecule has 0 saturated carbocycles. The molecule has 0 amide bonds. The summed E-state index contributed by atoms with van der Waals surface area (Å²) in [4.78, 5) is 16.1. The number of nitriles is 4. The van der Waals surface area contributed by atoms with E-state index in [0.29, 0.717) is 58.5 Å². The van der Waals surface area contributed by atoms with E-state index in [2.05, 4.69) is 29.2 Å². The van der Waals surface area contributed by atoms with Gasteiger partial charge in [-0.3, -0.25) is 9.69 Å². The van der Waals surface area contributed by atoms with Gasteiger partial charge in [-0.2, -0.15) is 21.0 Å². The van der Waals surface area contributed by atoms with Crippen LogP contribution in [0.4, 0.5) is 0 Å². The summed E-state index contributed by atoms with van der Waals surface area (Å²) >= 11 is 0. The van der Waals surface area contributed by atoms with Crippen LogP contribution in [0.3, 0.4) is 0 Å². The lowest BCUT2D eigenvalue weighted by Gasteiger charge is -2.21. The quantitative estimate of drug-likeness (QED) is 0.285. The first-order valence-electron chi connectivity index (χ1n) is 15.0. The van der Waals surface area contributed by atoms with E-state index in [1.165, 1.54) is 0 Å². The number of benzene rings is 2. The number of fused-ring (bicyclic) bond motifs is 2. The Kier molecular flexibility index (Phi) is 7.84. The summed E-state index contributed by atoms with van der Waals surface area (Å²) in [6.07, 6.45) is 2.93. The Bertz CT molecular complexity index is 1970. The zero-order valence-corrected chi connectivity index (χ0v) is 25.2. The first-order chi connectivity index (χ1) is 21.8. The van der Waals surface area contributed by atoms with E-state index in [0.717, 1.165) is 35.6 Å². The van der Waals surface area contributed by atoms with E-state index < -0.39 is 6.10 Å².